The minimum Gasteiger partial charge on any atom is -0.368 e. The number of hydrogen-bond acceptors (Lipinski definition) is 2. The van der Waals surface area contributed by atoms with Gasteiger partial charge in [0.2, 0.25) is 0 Å². The molecule has 0 spiro atoms. The maximum atomic E-state index is 11.2. The number of hydrogen-bond donors (Lipinski definition) is 1. The lowest BCUT2D eigenvalue weighted by Crippen LogP contribution is -2.12. The van der Waals surface area contributed by atoms with Gasteiger partial charge in [-0.15, -0.1) is 0 Å². The Hall–Kier alpha value is -0.220. The summed E-state index contributed by atoms with van der Waals surface area (Å²) in [4.78, 5) is 0. The van der Waals surface area contributed by atoms with Crippen molar-refractivity contribution in [1.82, 2.24) is 0 Å². The van der Waals surface area contributed by atoms with Crippen molar-refractivity contribution in [3.63, 3.8) is 0 Å². The molecule has 0 amide bonds. The van der Waals surface area contributed by atoms with E-state index in [1.807, 2.05) is 0 Å². The summed E-state index contributed by atoms with van der Waals surface area (Å²) in [6, 6.07) is 0. The zero-order valence-electron chi connectivity index (χ0n) is 4.47. The Balaban J connectivity index is 2.93. The van der Waals surface area contributed by atoms with Gasteiger partial charge in [-0.1, -0.05) is 0 Å². The molecule has 50 valence electrons. The first-order valence-electron chi connectivity index (χ1n) is 2.20. The molecule has 0 aromatic heterocycles. The van der Waals surface area contributed by atoms with Crippen molar-refractivity contribution in [1.29, 1.82) is 0 Å². The smallest absolute Gasteiger partial charge is 0.261 e. The van der Waals surface area contributed by atoms with Crippen LogP contribution >= 0.6 is 0 Å². The molecule has 0 saturated heterocycles. The van der Waals surface area contributed by atoms with E-state index in [1.165, 1.54) is 6.92 Å². The molecule has 0 radical (unpaired) electrons. The van der Waals surface area contributed by atoms with Gasteiger partial charge in [0.1, 0.15) is 6.61 Å². The fourth-order valence-electron chi connectivity index (χ4n) is 0.212. The summed E-state index contributed by atoms with van der Waals surface area (Å²) < 4.78 is 26.4. The van der Waals surface area contributed by atoms with E-state index in [1.54, 1.807) is 0 Å². The molecule has 0 aromatic carbocycles. The van der Waals surface area contributed by atoms with Gasteiger partial charge in [-0.2, -0.15) is 0 Å². The molecule has 1 unspecified atom stereocenters. The Morgan fingerprint density at radius 1 is 1.62 bits per heavy atom. The van der Waals surface area contributed by atoms with Crippen molar-refractivity contribution < 1.29 is 18.6 Å². The predicted octanol–water partition coefficient (Wildman–Crippen LogP) is 0.606. The fourth-order valence-corrected chi connectivity index (χ4v) is 0.212. The Kier molecular flexibility index (Phi) is 3.64. The van der Waals surface area contributed by atoms with Crippen molar-refractivity contribution in [2.75, 3.05) is 6.61 Å². The molecule has 1 N–H and O–H groups in total. The third-order valence-corrected chi connectivity index (χ3v) is 0.463. The van der Waals surface area contributed by atoms with Gasteiger partial charge in [-0.05, 0) is 6.92 Å². The highest BCUT2D eigenvalue weighted by atomic mass is 19.3. The van der Waals surface area contributed by atoms with E-state index in [0.717, 1.165) is 0 Å². The van der Waals surface area contributed by atoms with E-state index in [4.69, 9.17) is 5.11 Å². The first-order chi connectivity index (χ1) is 3.63. The first kappa shape index (κ1) is 7.78. The van der Waals surface area contributed by atoms with Crippen LogP contribution in [0.5, 0.6) is 0 Å². The van der Waals surface area contributed by atoms with E-state index in [-0.39, 0.29) is 0 Å². The van der Waals surface area contributed by atoms with Crippen LogP contribution < -0.4 is 0 Å². The molecule has 8 heavy (non-hydrogen) atoms. The number of aliphatic hydroxyl groups excluding tert-OH is 1. The second kappa shape index (κ2) is 3.74. The lowest BCUT2D eigenvalue weighted by atomic mass is 10.7. The highest BCUT2D eigenvalue weighted by Gasteiger charge is 2.03. The molecule has 0 aromatic rings. The van der Waals surface area contributed by atoms with Crippen molar-refractivity contribution in [2.24, 2.45) is 0 Å². The predicted molar refractivity (Wildman–Crippen MR) is 23.6 cm³/mol. The molecule has 0 fully saturated rings. The van der Waals surface area contributed by atoms with Crippen molar-refractivity contribution >= 4 is 0 Å². The van der Waals surface area contributed by atoms with Gasteiger partial charge in [0.05, 0.1) is 0 Å². The molecule has 4 heteroatoms. The summed E-state index contributed by atoms with van der Waals surface area (Å²) in [6.07, 6.45) is -3.59. The molecular formula is C4H8F2O2. The van der Waals surface area contributed by atoms with Gasteiger partial charge >= 0.3 is 0 Å². The molecule has 0 rings (SSSR count). The van der Waals surface area contributed by atoms with Crippen molar-refractivity contribution in [3.8, 4) is 0 Å². The maximum Gasteiger partial charge on any atom is 0.261 e. The van der Waals surface area contributed by atoms with Crippen LogP contribution in [0.2, 0.25) is 0 Å². The maximum absolute atomic E-state index is 11.2. The first-order valence-corrected chi connectivity index (χ1v) is 2.20. The number of alkyl halides is 2. The monoisotopic (exact) mass is 126 g/mol. The standard InChI is InChI=1S/C4H8F2O2/c1-3(7)8-2-4(5)6/h3-4,7H,2H2,1H3. The molecule has 0 bridgehead atoms. The van der Waals surface area contributed by atoms with Crippen LogP contribution in [0.1, 0.15) is 6.92 Å². The van der Waals surface area contributed by atoms with Crippen LogP contribution in [0.4, 0.5) is 8.78 Å². The average Bonchev–Trinajstić information content (AvgIpc) is 1.61. The molecule has 0 saturated carbocycles. The number of aliphatic hydroxyl groups is 1. The summed E-state index contributed by atoms with van der Waals surface area (Å²) in [7, 11) is 0. The molecule has 0 heterocycles. The van der Waals surface area contributed by atoms with Crippen LogP contribution in [-0.4, -0.2) is 24.4 Å². The molecule has 0 aliphatic rings. The lowest BCUT2D eigenvalue weighted by molar-refractivity contribution is -0.116. The Morgan fingerprint density at radius 2 is 2.12 bits per heavy atom. The van der Waals surface area contributed by atoms with Crippen molar-refractivity contribution in [2.45, 2.75) is 19.6 Å². The van der Waals surface area contributed by atoms with Crippen LogP contribution in [-0.2, 0) is 4.74 Å². The van der Waals surface area contributed by atoms with E-state index in [9.17, 15) is 8.78 Å². The van der Waals surface area contributed by atoms with E-state index < -0.39 is 19.3 Å². The quantitative estimate of drug-likeness (QED) is 0.561. The minimum atomic E-state index is -2.50. The largest absolute Gasteiger partial charge is 0.368 e. The number of ether oxygens (including phenoxy) is 1. The Morgan fingerprint density at radius 3 is 2.25 bits per heavy atom. The summed E-state index contributed by atoms with van der Waals surface area (Å²) in [5.74, 6) is 0. The van der Waals surface area contributed by atoms with Gasteiger partial charge in [-0.25, -0.2) is 8.78 Å². The topological polar surface area (TPSA) is 29.5 Å². The summed E-state index contributed by atoms with van der Waals surface area (Å²) in [6.45, 7) is 0.583. The van der Waals surface area contributed by atoms with Gasteiger partial charge in [0, 0.05) is 0 Å². The second-order valence-corrected chi connectivity index (χ2v) is 1.32. The Bertz CT molecular complexity index is 48.0. The Labute approximate surface area is 46.1 Å². The fraction of sp³-hybridized carbons (Fsp3) is 1.00. The minimum absolute atomic E-state index is 0.697. The van der Waals surface area contributed by atoms with Crippen LogP contribution in [0, 0.1) is 0 Å². The van der Waals surface area contributed by atoms with Gasteiger partial charge in [-0.3, -0.25) is 0 Å². The molecule has 2 nitrogen and oxygen atoms in total. The van der Waals surface area contributed by atoms with E-state index in [0.29, 0.717) is 0 Å². The van der Waals surface area contributed by atoms with E-state index >= 15 is 0 Å². The zero-order valence-corrected chi connectivity index (χ0v) is 4.47. The van der Waals surface area contributed by atoms with Gasteiger partial charge in [0.15, 0.2) is 6.29 Å². The third-order valence-electron chi connectivity index (χ3n) is 0.463. The van der Waals surface area contributed by atoms with Crippen LogP contribution in [0.3, 0.4) is 0 Å². The molecular weight excluding hydrogens is 118 g/mol. The molecule has 1 atom stereocenters. The highest BCUT2D eigenvalue weighted by molar-refractivity contribution is 4.32. The summed E-state index contributed by atoms with van der Waals surface area (Å²) in [5.41, 5.74) is 0. The number of rotatable bonds is 3. The third kappa shape index (κ3) is 5.78. The van der Waals surface area contributed by atoms with E-state index in [2.05, 4.69) is 4.74 Å². The number of halogens is 2. The summed E-state index contributed by atoms with van der Waals surface area (Å²) >= 11 is 0. The second-order valence-electron chi connectivity index (χ2n) is 1.32. The van der Waals surface area contributed by atoms with Crippen molar-refractivity contribution in [3.05, 3.63) is 0 Å². The SMILES string of the molecule is CC(O)OCC(F)F. The molecule has 0 aliphatic heterocycles. The summed E-state index contributed by atoms with van der Waals surface area (Å²) in [5, 5.41) is 8.25. The normalized spacial score (nSPS) is 14.6. The highest BCUT2D eigenvalue weighted by Crippen LogP contribution is 1.93. The lowest BCUT2D eigenvalue weighted by Gasteiger charge is -2.03. The van der Waals surface area contributed by atoms with Crippen LogP contribution in [0.25, 0.3) is 0 Å². The van der Waals surface area contributed by atoms with Gasteiger partial charge in [0.25, 0.3) is 6.43 Å². The molecule has 0 aliphatic carbocycles. The zero-order chi connectivity index (χ0) is 6.57. The van der Waals surface area contributed by atoms with Gasteiger partial charge < -0.3 is 9.84 Å². The average molecular weight is 126 g/mol. The van der Waals surface area contributed by atoms with Crippen LogP contribution in [0.15, 0.2) is 0 Å².